The first-order valence-corrected chi connectivity index (χ1v) is 6.03. The zero-order chi connectivity index (χ0) is 12.9. The van der Waals surface area contributed by atoms with E-state index in [1.165, 1.54) is 0 Å². The average molecular weight is 232 g/mol. The van der Waals surface area contributed by atoms with Crippen LogP contribution in [0.5, 0.6) is 0 Å². The average Bonchev–Trinajstić information content (AvgIpc) is 2.27. The quantitative estimate of drug-likeness (QED) is 0.733. The van der Waals surface area contributed by atoms with Crippen molar-refractivity contribution >= 4 is 0 Å². The predicted octanol–water partition coefficient (Wildman–Crippen LogP) is 2.88. The minimum absolute atomic E-state index is 0.0598. The molecule has 0 aliphatic rings. The molecule has 0 aliphatic carbocycles. The van der Waals surface area contributed by atoms with Gasteiger partial charge in [-0.1, -0.05) is 6.42 Å². The Bertz CT molecular complexity index is 466. The van der Waals surface area contributed by atoms with Crippen LogP contribution in [0.1, 0.15) is 38.7 Å². The minimum atomic E-state index is -0.252. The van der Waals surface area contributed by atoms with Gasteiger partial charge in [-0.3, -0.25) is 4.79 Å². The van der Waals surface area contributed by atoms with Crippen LogP contribution < -0.4 is 5.56 Å². The summed E-state index contributed by atoms with van der Waals surface area (Å²) in [5.74, 6) is 0. The van der Waals surface area contributed by atoms with Gasteiger partial charge in [0, 0.05) is 18.8 Å². The van der Waals surface area contributed by atoms with Crippen molar-refractivity contribution in [2.24, 2.45) is 5.41 Å². The van der Waals surface area contributed by atoms with Gasteiger partial charge >= 0.3 is 0 Å². The van der Waals surface area contributed by atoms with E-state index in [0.717, 1.165) is 31.4 Å². The number of pyridine rings is 1. The lowest BCUT2D eigenvalue weighted by molar-refractivity contribution is 0.415. The Kier molecular flexibility index (Phi) is 4.51. The summed E-state index contributed by atoms with van der Waals surface area (Å²) in [7, 11) is 0. The van der Waals surface area contributed by atoms with Crippen molar-refractivity contribution in [3.63, 3.8) is 0 Å². The van der Waals surface area contributed by atoms with Gasteiger partial charge in [-0.05, 0) is 45.2 Å². The van der Waals surface area contributed by atoms with Crippen LogP contribution in [0, 0.1) is 23.7 Å². The van der Waals surface area contributed by atoms with E-state index in [1.54, 1.807) is 10.6 Å². The molecule has 17 heavy (non-hydrogen) atoms. The third-order valence-electron chi connectivity index (χ3n) is 2.91. The molecule has 0 fully saturated rings. The zero-order valence-electron chi connectivity index (χ0n) is 10.9. The maximum absolute atomic E-state index is 11.6. The number of hydrogen-bond donors (Lipinski definition) is 0. The van der Waals surface area contributed by atoms with Gasteiger partial charge in [0.2, 0.25) is 0 Å². The van der Waals surface area contributed by atoms with E-state index in [9.17, 15) is 4.79 Å². The van der Waals surface area contributed by atoms with Gasteiger partial charge in [-0.15, -0.1) is 0 Å². The summed E-state index contributed by atoms with van der Waals surface area (Å²) in [6.45, 7) is 6.55. The van der Waals surface area contributed by atoms with Gasteiger partial charge < -0.3 is 4.57 Å². The lowest BCUT2D eigenvalue weighted by Crippen LogP contribution is -2.19. The number of aromatic nitrogens is 1. The summed E-state index contributed by atoms with van der Waals surface area (Å²) in [5, 5.41) is 8.88. The van der Waals surface area contributed by atoms with E-state index in [2.05, 4.69) is 6.07 Å². The Morgan fingerprint density at radius 2 is 2.12 bits per heavy atom. The third kappa shape index (κ3) is 4.44. The molecule has 0 amide bonds. The van der Waals surface area contributed by atoms with Crippen molar-refractivity contribution in [2.45, 2.75) is 46.6 Å². The summed E-state index contributed by atoms with van der Waals surface area (Å²) in [6.07, 6.45) is 4.63. The van der Waals surface area contributed by atoms with Crippen molar-refractivity contribution in [3.8, 4) is 6.07 Å². The molecule has 0 radical (unpaired) electrons. The summed E-state index contributed by atoms with van der Waals surface area (Å²) in [4.78, 5) is 11.6. The number of aryl methyl sites for hydroxylation is 2. The highest BCUT2D eigenvalue weighted by Crippen LogP contribution is 2.21. The predicted molar refractivity (Wildman–Crippen MR) is 68.7 cm³/mol. The number of nitriles is 1. The normalized spacial score (nSPS) is 11.2. The van der Waals surface area contributed by atoms with E-state index in [1.807, 2.05) is 33.0 Å². The van der Waals surface area contributed by atoms with Crippen LogP contribution in [0.25, 0.3) is 0 Å². The van der Waals surface area contributed by atoms with Crippen molar-refractivity contribution < 1.29 is 0 Å². The van der Waals surface area contributed by atoms with Gasteiger partial charge in [-0.2, -0.15) is 5.26 Å². The Morgan fingerprint density at radius 3 is 2.71 bits per heavy atom. The zero-order valence-corrected chi connectivity index (χ0v) is 10.9. The van der Waals surface area contributed by atoms with Crippen molar-refractivity contribution in [3.05, 3.63) is 34.2 Å². The highest BCUT2D eigenvalue weighted by atomic mass is 16.1. The Labute approximate surface area is 103 Å². The van der Waals surface area contributed by atoms with Gasteiger partial charge in [0.25, 0.3) is 5.56 Å². The summed E-state index contributed by atoms with van der Waals surface area (Å²) in [5.41, 5.74) is 0.805. The summed E-state index contributed by atoms with van der Waals surface area (Å²) < 4.78 is 1.73. The molecule has 0 aromatic carbocycles. The van der Waals surface area contributed by atoms with Gasteiger partial charge in [-0.25, -0.2) is 0 Å². The van der Waals surface area contributed by atoms with Gasteiger partial charge in [0.1, 0.15) is 0 Å². The monoisotopic (exact) mass is 232 g/mol. The number of nitrogens with zero attached hydrogens (tertiary/aromatic N) is 2. The lowest BCUT2D eigenvalue weighted by atomic mass is 9.89. The molecule has 92 valence electrons. The highest BCUT2D eigenvalue weighted by Gasteiger charge is 2.15. The molecule has 0 N–H and O–H groups in total. The molecule has 0 saturated carbocycles. The molecule has 0 atom stereocenters. The molecular weight excluding hydrogens is 212 g/mol. The fraction of sp³-hybridized carbons (Fsp3) is 0.571. The number of rotatable bonds is 5. The second-order valence-electron chi connectivity index (χ2n) is 5.19. The molecule has 0 aliphatic heterocycles. The molecule has 1 rings (SSSR count). The molecule has 1 heterocycles. The van der Waals surface area contributed by atoms with Crippen LogP contribution in [0.15, 0.2) is 23.1 Å². The van der Waals surface area contributed by atoms with Gasteiger partial charge in [0.05, 0.1) is 11.5 Å². The molecule has 0 unspecified atom stereocenters. The molecule has 0 bridgehead atoms. The third-order valence-corrected chi connectivity index (χ3v) is 2.91. The second-order valence-corrected chi connectivity index (χ2v) is 5.19. The fourth-order valence-electron chi connectivity index (χ4n) is 1.70. The van der Waals surface area contributed by atoms with Crippen LogP contribution in [0.3, 0.4) is 0 Å². The molecule has 3 nitrogen and oxygen atoms in total. The largest absolute Gasteiger partial charge is 0.316 e. The first-order valence-electron chi connectivity index (χ1n) is 6.03. The maximum atomic E-state index is 11.6. The standard InChI is InChI=1S/C14H20N2O/c1-12-6-9-16(13(17)10-12)8-5-4-7-14(2,3)11-15/h6,9-10H,4-5,7-8H2,1-3H3. The van der Waals surface area contributed by atoms with Crippen molar-refractivity contribution in [1.82, 2.24) is 4.57 Å². The van der Waals surface area contributed by atoms with Crippen LogP contribution in [0.2, 0.25) is 0 Å². The number of hydrogen-bond acceptors (Lipinski definition) is 2. The Hall–Kier alpha value is -1.56. The van der Waals surface area contributed by atoms with E-state index in [-0.39, 0.29) is 11.0 Å². The van der Waals surface area contributed by atoms with Crippen LogP contribution in [-0.4, -0.2) is 4.57 Å². The SMILES string of the molecule is Cc1ccn(CCCCC(C)(C)C#N)c(=O)c1. The fourth-order valence-corrected chi connectivity index (χ4v) is 1.70. The highest BCUT2D eigenvalue weighted by molar-refractivity contribution is 5.07. The summed E-state index contributed by atoms with van der Waals surface area (Å²) in [6, 6.07) is 5.89. The molecule has 1 aromatic rings. The Morgan fingerprint density at radius 1 is 1.41 bits per heavy atom. The molecule has 0 saturated heterocycles. The second kappa shape index (κ2) is 5.67. The maximum Gasteiger partial charge on any atom is 0.250 e. The van der Waals surface area contributed by atoms with Crippen molar-refractivity contribution in [1.29, 1.82) is 5.26 Å². The molecule has 0 spiro atoms. The van der Waals surface area contributed by atoms with E-state index < -0.39 is 0 Å². The van der Waals surface area contributed by atoms with Crippen LogP contribution in [-0.2, 0) is 6.54 Å². The molecular formula is C14H20N2O. The van der Waals surface area contributed by atoms with E-state index >= 15 is 0 Å². The van der Waals surface area contributed by atoms with Crippen LogP contribution >= 0.6 is 0 Å². The van der Waals surface area contributed by atoms with E-state index in [4.69, 9.17) is 5.26 Å². The smallest absolute Gasteiger partial charge is 0.250 e. The first kappa shape index (κ1) is 13.5. The Balaban J connectivity index is 2.42. The summed E-state index contributed by atoms with van der Waals surface area (Å²) >= 11 is 0. The van der Waals surface area contributed by atoms with Gasteiger partial charge in [0.15, 0.2) is 0 Å². The lowest BCUT2D eigenvalue weighted by Gasteiger charge is -2.14. The van der Waals surface area contributed by atoms with E-state index in [0.29, 0.717) is 0 Å². The van der Waals surface area contributed by atoms with Crippen LogP contribution in [0.4, 0.5) is 0 Å². The topological polar surface area (TPSA) is 45.8 Å². The first-order chi connectivity index (χ1) is 7.94. The molecule has 1 aromatic heterocycles. The van der Waals surface area contributed by atoms with Crippen molar-refractivity contribution in [2.75, 3.05) is 0 Å². The minimum Gasteiger partial charge on any atom is -0.316 e. The number of unbranched alkanes of at least 4 members (excludes halogenated alkanes) is 1. The molecule has 3 heteroatoms.